The fourth-order valence-corrected chi connectivity index (χ4v) is 2.81. The molecule has 2 aromatic rings. The van der Waals surface area contributed by atoms with E-state index in [4.69, 9.17) is 4.74 Å². The van der Waals surface area contributed by atoms with Crippen LogP contribution >= 0.6 is 0 Å². The largest absolute Gasteiger partial charge is 0.377 e. The molecule has 0 aliphatic carbocycles. The molecule has 0 bridgehead atoms. The van der Waals surface area contributed by atoms with Gasteiger partial charge in [-0.15, -0.1) is 0 Å². The van der Waals surface area contributed by atoms with E-state index in [-0.39, 0.29) is 0 Å². The second kappa shape index (κ2) is 5.36. The first kappa shape index (κ1) is 11.5. The molecule has 92 valence electrons. The van der Waals surface area contributed by atoms with Gasteiger partial charge in [-0.05, 0) is 24.0 Å². The SMILES string of the molecule is c1ccc(C(c2ccccc2)C2CCCO2)cc1. The van der Waals surface area contributed by atoms with Gasteiger partial charge < -0.3 is 4.74 Å². The molecule has 1 heteroatoms. The van der Waals surface area contributed by atoms with Crippen molar-refractivity contribution in [3.8, 4) is 0 Å². The van der Waals surface area contributed by atoms with Crippen molar-refractivity contribution in [2.75, 3.05) is 6.61 Å². The van der Waals surface area contributed by atoms with Crippen molar-refractivity contribution in [3.63, 3.8) is 0 Å². The molecule has 1 nitrogen and oxygen atoms in total. The first-order valence-electron chi connectivity index (χ1n) is 6.66. The third-order valence-corrected chi connectivity index (χ3v) is 3.65. The zero-order valence-electron chi connectivity index (χ0n) is 10.5. The molecule has 0 spiro atoms. The van der Waals surface area contributed by atoms with Crippen molar-refractivity contribution < 1.29 is 4.74 Å². The third kappa shape index (κ3) is 2.32. The molecule has 0 radical (unpaired) electrons. The van der Waals surface area contributed by atoms with Crippen LogP contribution in [0.5, 0.6) is 0 Å². The fourth-order valence-electron chi connectivity index (χ4n) is 2.81. The van der Waals surface area contributed by atoms with Crippen LogP contribution in [0.25, 0.3) is 0 Å². The molecule has 2 aromatic carbocycles. The predicted octanol–water partition coefficient (Wildman–Crippen LogP) is 4.00. The van der Waals surface area contributed by atoms with Gasteiger partial charge in [-0.1, -0.05) is 60.7 Å². The van der Waals surface area contributed by atoms with Crippen LogP contribution in [0.3, 0.4) is 0 Å². The molecule has 1 heterocycles. The van der Waals surface area contributed by atoms with E-state index in [9.17, 15) is 0 Å². The molecule has 3 rings (SSSR count). The van der Waals surface area contributed by atoms with Crippen LogP contribution in [0.4, 0.5) is 0 Å². The van der Waals surface area contributed by atoms with Crippen molar-refractivity contribution in [2.45, 2.75) is 24.9 Å². The first-order valence-corrected chi connectivity index (χ1v) is 6.66. The van der Waals surface area contributed by atoms with Crippen molar-refractivity contribution in [2.24, 2.45) is 0 Å². The molecule has 18 heavy (non-hydrogen) atoms. The number of rotatable bonds is 3. The maximum atomic E-state index is 5.92. The molecule has 1 unspecified atom stereocenters. The summed E-state index contributed by atoms with van der Waals surface area (Å²) < 4.78 is 5.92. The highest BCUT2D eigenvalue weighted by atomic mass is 16.5. The number of hydrogen-bond donors (Lipinski definition) is 0. The summed E-state index contributed by atoms with van der Waals surface area (Å²) in [6.07, 6.45) is 2.67. The monoisotopic (exact) mass is 238 g/mol. The van der Waals surface area contributed by atoms with E-state index in [1.165, 1.54) is 17.5 Å². The molecule has 1 aliphatic heterocycles. The van der Waals surface area contributed by atoms with Crippen LogP contribution in [0.1, 0.15) is 29.9 Å². The van der Waals surface area contributed by atoms with Crippen LogP contribution in [0.15, 0.2) is 60.7 Å². The van der Waals surface area contributed by atoms with E-state index < -0.39 is 0 Å². The lowest BCUT2D eigenvalue weighted by atomic mass is 9.85. The quantitative estimate of drug-likeness (QED) is 0.785. The van der Waals surface area contributed by atoms with E-state index in [0.717, 1.165) is 13.0 Å². The minimum Gasteiger partial charge on any atom is -0.377 e. The summed E-state index contributed by atoms with van der Waals surface area (Å²) in [7, 11) is 0. The van der Waals surface area contributed by atoms with Gasteiger partial charge in [-0.3, -0.25) is 0 Å². The maximum absolute atomic E-state index is 5.92. The van der Waals surface area contributed by atoms with Crippen molar-refractivity contribution >= 4 is 0 Å². The summed E-state index contributed by atoms with van der Waals surface area (Å²) in [6, 6.07) is 21.4. The van der Waals surface area contributed by atoms with Crippen LogP contribution < -0.4 is 0 Å². The zero-order valence-corrected chi connectivity index (χ0v) is 10.5. The standard InChI is InChI=1S/C17H18O/c1-3-8-14(9-4-1)17(16-12-7-13-18-16)15-10-5-2-6-11-15/h1-6,8-11,16-17H,7,12-13H2. The van der Waals surface area contributed by atoms with E-state index in [1.807, 2.05) is 0 Å². The minimum atomic E-state index is 0.329. The van der Waals surface area contributed by atoms with Gasteiger partial charge in [0.25, 0.3) is 0 Å². The Hall–Kier alpha value is -1.60. The molecule has 1 atom stereocenters. The van der Waals surface area contributed by atoms with Gasteiger partial charge in [0, 0.05) is 12.5 Å². The van der Waals surface area contributed by atoms with Gasteiger partial charge in [0.05, 0.1) is 6.10 Å². The van der Waals surface area contributed by atoms with Gasteiger partial charge in [0.2, 0.25) is 0 Å². The topological polar surface area (TPSA) is 9.23 Å². The van der Waals surface area contributed by atoms with Crippen LogP contribution in [0, 0.1) is 0 Å². The molecule has 1 aliphatic rings. The van der Waals surface area contributed by atoms with Gasteiger partial charge in [-0.2, -0.15) is 0 Å². The lowest BCUT2D eigenvalue weighted by Gasteiger charge is -2.24. The van der Waals surface area contributed by atoms with E-state index >= 15 is 0 Å². The molecular formula is C17H18O. The summed E-state index contributed by atoms with van der Waals surface area (Å²) in [5, 5.41) is 0. The van der Waals surface area contributed by atoms with Crippen molar-refractivity contribution in [1.29, 1.82) is 0 Å². The van der Waals surface area contributed by atoms with Crippen LogP contribution in [-0.4, -0.2) is 12.7 Å². The lowest BCUT2D eigenvalue weighted by molar-refractivity contribution is 0.0982. The number of ether oxygens (including phenoxy) is 1. The molecule has 0 amide bonds. The predicted molar refractivity (Wildman–Crippen MR) is 73.7 cm³/mol. The highest BCUT2D eigenvalue weighted by Crippen LogP contribution is 2.34. The molecular weight excluding hydrogens is 220 g/mol. The van der Waals surface area contributed by atoms with Crippen molar-refractivity contribution in [3.05, 3.63) is 71.8 Å². The summed E-state index contributed by atoms with van der Waals surface area (Å²) in [4.78, 5) is 0. The first-order chi connectivity index (χ1) is 8.95. The van der Waals surface area contributed by atoms with Crippen LogP contribution in [-0.2, 0) is 4.74 Å². The van der Waals surface area contributed by atoms with Gasteiger partial charge >= 0.3 is 0 Å². The van der Waals surface area contributed by atoms with Gasteiger partial charge in [0.15, 0.2) is 0 Å². The number of benzene rings is 2. The van der Waals surface area contributed by atoms with Gasteiger partial charge in [-0.25, -0.2) is 0 Å². The lowest BCUT2D eigenvalue weighted by Crippen LogP contribution is -2.18. The van der Waals surface area contributed by atoms with Crippen LogP contribution in [0.2, 0.25) is 0 Å². The Labute approximate surface area is 108 Å². The summed E-state index contributed by atoms with van der Waals surface area (Å²) >= 11 is 0. The third-order valence-electron chi connectivity index (χ3n) is 3.65. The molecule has 0 saturated carbocycles. The highest BCUT2D eigenvalue weighted by molar-refractivity contribution is 5.34. The van der Waals surface area contributed by atoms with E-state index in [0.29, 0.717) is 12.0 Å². The zero-order chi connectivity index (χ0) is 12.2. The Morgan fingerprint density at radius 2 is 1.39 bits per heavy atom. The summed E-state index contributed by atoms with van der Waals surface area (Å²) in [5.41, 5.74) is 2.71. The smallest absolute Gasteiger partial charge is 0.0685 e. The Bertz CT molecular complexity index is 432. The molecule has 1 fully saturated rings. The number of hydrogen-bond acceptors (Lipinski definition) is 1. The molecule has 0 N–H and O–H groups in total. The van der Waals surface area contributed by atoms with E-state index in [2.05, 4.69) is 60.7 Å². The Morgan fingerprint density at radius 1 is 0.833 bits per heavy atom. The van der Waals surface area contributed by atoms with E-state index in [1.54, 1.807) is 0 Å². The molecule has 1 saturated heterocycles. The Kier molecular flexibility index (Phi) is 3.42. The fraction of sp³-hybridized carbons (Fsp3) is 0.294. The highest BCUT2D eigenvalue weighted by Gasteiger charge is 2.28. The summed E-state index contributed by atoms with van der Waals surface area (Å²) in [5.74, 6) is 0.370. The Morgan fingerprint density at radius 3 is 1.83 bits per heavy atom. The van der Waals surface area contributed by atoms with Crippen molar-refractivity contribution in [1.82, 2.24) is 0 Å². The average Bonchev–Trinajstić information content (AvgIpc) is 2.95. The summed E-state index contributed by atoms with van der Waals surface area (Å²) in [6.45, 7) is 0.904. The average molecular weight is 238 g/mol. The molecule has 0 aromatic heterocycles. The second-order valence-electron chi connectivity index (χ2n) is 4.85. The minimum absolute atomic E-state index is 0.329. The maximum Gasteiger partial charge on any atom is 0.0685 e. The van der Waals surface area contributed by atoms with Gasteiger partial charge in [0.1, 0.15) is 0 Å². The second-order valence-corrected chi connectivity index (χ2v) is 4.85. The normalized spacial score (nSPS) is 19.3. The Balaban J connectivity index is 1.98.